The molecule has 18 heavy (non-hydrogen) atoms. The molecule has 1 aromatic carbocycles. The van der Waals surface area contributed by atoms with Crippen LogP contribution in [0, 0.1) is 10.1 Å². The molecule has 0 atom stereocenters. The third-order valence-electron chi connectivity index (χ3n) is 2.34. The van der Waals surface area contributed by atoms with Crippen LogP contribution in [0.1, 0.15) is 4.88 Å². The van der Waals surface area contributed by atoms with E-state index in [1.807, 2.05) is 0 Å². The van der Waals surface area contributed by atoms with Crippen molar-refractivity contribution in [3.63, 3.8) is 0 Å². The maximum atomic E-state index is 11.0. The van der Waals surface area contributed by atoms with Crippen LogP contribution in [0.15, 0.2) is 29.9 Å². The monoisotopic (exact) mass is 265 g/mol. The molecule has 0 spiro atoms. The van der Waals surface area contributed by atoms with Crippen LogP contribution in [0.25, 0.3) is 0 Å². The van der Waals surface area contributed by atoms with Crippen LogP contribution in [0.2, 0.25) is 0 Å². The largest absolute Gasteiger partial charge is 0.496 e. The van der Waals surface area contributed by atoms with Crippen LogP contribution in [0.3, 0.4) is 0 Å². The fourth-order valence-corrected chi connectivity index (χ4v) is 1.99. The summed E-state index contributed by atoms with van der Waals surface area (Å²) < 4.78 is 4.97. The number of hydrogen-bond donors (Lipinski definition) is 1. The second kappa shape index (κ2) is 5.46. The Morgan fingerprint density at radius 1 is 1.56 bits per heavy atom. The lowest BCUT2D eigenvalue weighted by atomic mass is 10.2. The minimum Gasteiger partial charge on any atom is -0.496 e. The Morgan fingerprint density at radius 2 is 2.39 bits per heavy atom. The molecule has 1 aromatic heterocycles. The summed E-state index contributed by atoms with van der Waals surface area (Å²) in [6.45, 7) is 0.512. The molecule has 2 rings (SSSR count). The predicted molar refractivity (Wildman–Crippen MR) is 69.1 cm³/mol. The fourth-order valence-electron chi connectivity index (χ4n) is 1.45. The summed E-state index contributed by atoms with van der Waals surface area (Å²) in [7, 11) is 1.48. The van der Waals surface area contributed by atoms with E-state index in [0.29, 0.717) is 18.0 Å². The summed E-state index contributed by atoms with van der Waals surface area (Å²) >= 11 is 1.50. The Morgan fingerprint density at radius 3 is 3.00 bits per heavy atom. The zero-order chi connectivity index (χ0) is 13.0. The molecule has 0 aliphatic carbocycles. The normalized spacial score (nSPS) is 10.1. The lowest BCUT2D eigenvalue weighted by Crippen LogP contribution is -2.01. The number of anilines is 1. The minimum absolute atomic E-state index is 0.00105. The number of nitrogens with one attached hydrogen (secondary N) is 1. The molecule has 0 aliphatic rings. The molecule has 0 bridgehead atoms. The van der Waals surface area contributed by atoms with Gasteiger partial charge in [-0.2, -0.15) is 0 Å². The van der Waals surface area contributed by atoms with Gasteiger partial charge in [0.1, 0.15) is 11.4 Å². The standard InChI is InChI=1S/C11H11N3O3S/c1-17-8-2-3-10(11(4-8)14(15)16)13-6-9-5-12-7-18-9/h2-5,7,13H,6H2,1H3. The highest BCUT2D eigenvalue weighted by molar-refractivity contribution is 7.09. The van der Waals surface area contributed by atoms with E-state index >= 15 is 0 Å². The van der Waals surface area contributed by atoms with Crippen molar-refractivity contribution in [1.29, 1.82) is 0 Å². The summed E-state index contributed by atoms with van der Waals surface area (Å²) in [5.41, 5.74) is 2.19. The lowest BCUT2D eigenvalue weighted by molar-refractivity contribution is -0.384. The van der Waals surface area contributed by atoms with Gasteiger partial charge in [-0.25, -0.2) is 0 Å². The number of rotatable bonds is 5. The van der Waals surface area contributed by atoms with Crippen LogP contribution in [0.4, 0.5) is 11.4 Å². The number of nitro groups is 1. The number of nitro benzene ring substituents is 1. The Balaban J connectivity index is 2.18. The van der Waals surface area contributed by atoms with E-state index in [2.05, 4.69) is 10.3 Å². The Kier molecular flexibility index (Phi) is 3.73. The Hall–Kier alpha value is -2.15. The topological polar surface area (TPSA) is 77.3 Å². The second-order valence-electron chi connectivity index (χ2n) is 3.46. The Bertz CT molecular complexity index is 542. The maximum absolute atomic E-state index is 11.0. The van der Waals surface area contributed by atoms with Crippen molar-refractivity contribution in [2.45, 2.75) is 6.54 Å². The van der Waals surface area contributed by atoms with Gasteiger partial charge >= 0.3 is 0 Å². The lowest BCUT2D eigenvalue weighted by Gasteiger charge is -2.07. The van der Waals surface area contributed by atoms with Crippen LogP contribution in [0.5, 0.6) is 5.75 Å². The summed E-state index contributed by atoms with van der Waals surface area (Å²) in [5.74, 6) is 0.463. The smallest absolute Gasteiger partial charge is 0.296 e. The first-order valence-electron chi connectivity index (χ1n) is 5.14. The first kappa shape index (κ1) is 12.3. The molecule has 0 aliphatic heterocycles. The number of hydrogen-bond acceptors (Lipinski definition) is 6. The highest BCUT2D eigenvalue weighted by Crippen LogP contribution is 2.29. The molecule has 7 heteroatoms. The molecule has 0 fully saturated rings. The number of thiazole rings is 1. The van der Waals surface area contributed by atoms with Crippen molar-refractivity contribution >= 4 is 22.7 Å². The van der Waals surface area contributed by atoms with Gasteiger partial charge in [0, 0.05) is 11.1 Å². The summed E-state index contributed by atoms with van der Waals surface area (Å²) in [6, 6.07) is 4.72. The van der Waals surface area contributed by atoms with Gasteiger partial charge in [-0.1, -0.05) is 0 Å². The van der Waals surface area contributed by atoms with E-state index < -0.39 is 4.92 Å². The van der Waals surface area contributed by atoms with Crippen molar-refractivity contribution < 1.29 is 9.66 Å². The SMILES string of the molecule is COc1ccc(NCc2cncs2)c([N+](=O)[O-])c1. The van der Waals surface area contributed by atoms with Crippen molar-refractivity contribution in [2.75, 3.05) is 12.4 Å². The van der Waals surface area contributed by atoms with Gasteiger partial charge in [-0.3, -0.25) is 15.1 Å². The third kappa shape index (κ3) is 2.75. The van der Waals surface area contributed by atoms with Gasteiger partial charge in [-0.15, -0.1) is 11.3 Å². The Labute approximate surface area is 107 Å². The van der Waals surface area contributed by atoms with Gasteiger partial charge in [0.25, 0.3) is 5.69 Å². The van der Waals surface area contributed by atoms with E-state index in [4.69, 9.17) is 4.74 Å². The van der Waals surface area contributed by atoms with E-state index in [1.165, 1.54) is 24.5 Å². The fraction of sp³-hybridized carbons (Fsp3) is 0.182. The maximum Gasteiger partial charge on any atom is 0.296 e. The first-order chi connectivity index (χ1) is 8.70. The van der Waals surface area contributed by atoms with Gasteiger partial charge in [0.15, 0.2) is 0 Å². The predicted octanol–water partition coefficient (Wildman–Crippen LogP) is 2.67. The van der Waals surface area contributed by atoms with E-state index in [1.54, 1.807) is 23.8 Å². The number of nitrogens with zero attached hydrogens (tertiary/aromatic N) is 2. The summed E-state index contributed by atoms with van der Waals surface area (Å²) in [6.07, 6.45) is 1.73. The molecule has 0 saturated carbocycles. The molecule has 2 aromatic rings. The molecule has 94 valence electrons. The van der Waals surface area contributed by atoms with E-state index in [-0.39, 0.29) is 5.69 Å². The van der Waals surface area contributed by atoms with E-state index in [0.717, 1.165) is 4.88 Å². The van der Waals surface area contributed by atoms with Crippen LogP contribution in [-0.4, -0.2) is 17.0 Å². The van der Waals surface area contributed by atoms with Gasteiger partial charge in [-0.05, 0) is 12.1 Å². The highest BCUT2D eigenvalue weighted by atomic mass is 32.1. The third-order valence-corrected chi connectivity index (χ3v) is 3.12. The van der Waals surface area contributed by atoms with Crippen molar-refractivity contribution in [3.8, 4) is 5.75 Å². The molecule has 1 heterocycles. The number of benzene rings is 1. The molecule has 0 unspecified atom stereocenters. The van der Waals surface area contributed by atoms with Crippen LogP contribution >= 0.6 is 11.3 Å². The van der Waals surface area contributed by atoms with E-state index in [9.17, 15) is 10.1 Å². The summed E-state index contributed by atoms with van der Waals surface area (Å²) in [5, 5.41) is 14.0. The number of methoxy groups -OCH3 is 1. The highest BCUT2D eigenvalue weighted by Gasteiger charge is 2.14. The average molecular weight is 265 g/mol. The zero-order valence-electron chi connectivity index (χ0n) is 9.62. The molecular weight excluding hydrogens is 254 g/mol. The molecule has 0 radical (unpaired) electrons. The minimum atomic E-state index is -0.433. The quantitative estimate of drug-likeness (QED) is 0.664. The number of aromatic nitrogens is 1. The average Bonchev–Trinajstić information content (AvgIpc) is 2.89. The van der Waals surface area contributed by atoms with Crippen molar-refractivity contribution in [2.24, 2.45) is 0 Å². The summed E-state index contributed by atoms with van der Waals surface area (Å²) in [4.78, 5) is 15.5. The van der Waals surface area contributed by atoms with Gasteiger partial charge < -0.3 is 10.1 Å². The molecule has 1 N–H and O–H groups in total. The second-order valence-corrected chi connectivity index (χ2v) is 4.43. The molecule has 0 saturated heterocycles. The van der Waals surface area contributed by atoms with Crippen LogP contribution in [-0.2, 0) is 6.54 Å². The van der Waals surface area contributed by atoms with Gasteiger partial charge in [0.05, 0.1) is 30.2 Å². The molecule has 0 amide bonds. The van der Waals surface area contributed by atoms with Crippen molar-refractivity contribution in [1.82, 2.24) is 4.98 Å². The molecular formula is C11H11N3O3S. The zero-order valence-corrected chi connectivity index (χ0v) is 10.4. The van der Waals surface area contributed by atoms with Gasteiger partial charge in [0.2, 0.25) is 0 Å². The number of ether oxygens (including phenoxy) is 1. The van der Waals surface area contributed by atoms with Crippen molar-refractivity contribution in [3.05, 3.63) is 44.9 Å². The van der Waals surface area contributed by atoms with Crippen LogP contribution < -0.4 is 10.1 Å². The first-order valence-corrected chi connectivity index (χ1v) is 6.02. The molecule has 6 nitrogen and oxygen atoms in total.